The number of hydrogen-bond donors (Lipinski definition) is 2. The minimum Gasteiger partial charge on any atom is -0.332 e. The molecular weight excluding hydrogens is 368 g/mol. The Morgan fingerprint density at radius 3 is 2.92 bits per heavy atom. The Morgan fingerprint density at radius 2 is 2.15 bits per heavy atom. The number of fused-ring (bicyclic) bond motifs is 1. The quantitative estimate of drug-likeness (QED) is 0.496. The van der Waals surface area contributed by atoms with Gasteiger partial charge in [-0.05, 0) is 37.7 Å². The molecule has 2 heterocycles. The normalized spacial score (nSPS) is 10.8. The third-order valence-corrected chi connectivity index (χ3v) is 4.93. The number of hydrogen-bond acceptors (Lipinski definition) is 6. The number of unbranched alkanes of at least 4 members (excludes halogenated alkanes) is 2. The SMILES string of the molecule is CCCCCC(=O)NC(=S)Nc1cccc(-c2nn3c(C)nnc3s2)c1. The molecule has 0 radical (unpaired) electrons. The lowest BCUT2D eigenvalue weighted by Gasteiger charge is -2.10. The van der Waals surface area contributed by atoms with Crippen LogP contribution in [0.2, 0.25) is 0 Å². The van der Waals surface area contributed by atoms with E-state index in [0.29, 0.717) is 11.5 Å². The van der Waals surface area contributed by atoms with E-state index in [1.54, 1.807) is 4.52 Å². The van der Waals surface area contributed by atoms with E-state index < -0.39 is 0 Å². The number of carbonyl (C=O) groups excluding carboxylic acids is 1. The predicted molar refractivity (Wildman–Crippen MR) is 107 cm³/mol. The van der Waals surface area contributed by atoms with Crippen LogP contribution in [-0.2, 0) is 4.79 Å². The fourth-order valence-electron chi connectivity index (χ4n) is 2.45. The van der Waals surface area contributed by atoms with Crippen LogP contribution in [0.5, 0.6) is 0 Å². The minimum absolute atomic E-state index is 0.0590. The van der Waals surface area contributed by atoms with Crippen molar-refractivity contribution in [3.05, 3.63) is 30.1 Å². The minimum atomic E-state index is -0.0590. The third-order valence-electron chi connectivity index (χ3n) is 3.77. The summed E-state index contributed by atoms with van der Waals surface area (Å²) >= 11 is 6.70. The average Bonchev–Trinajstić information content (AvgIpc) is 3.17. The standard InChI is InChI=1S/C17H20N6OS2/c1-3-4-5-9-14(24)19-16(25)18-13-8-6-7-12(10-13)15-22-23-11(2)20-21-17(23)26-15/h6-8,10H,3-5,9H2,1-2H3,(H2,18,19,24,25). The Morgan fingerprint density at radius 1 is 1.31 bits per heavy atom. The first kappa shape index (κ1) is 18.4. The maximum Gasteiger partial charge on any atom is 0.234 e. The van der Waals surface area contributed by atoms with E-state index in [9.17, 15) is 4.79 Å². The zero-order valence-corrected chi connectivity index (χ0v) is 16.3. The second kappa shape index (κ2) is 8.33. The molecule has 2 aromatic heterocycles. The van der Waals surface area contributed by atoms with Gasteiger partial charge < -0.3 is 10.6 Å². The zero-order chi connectivity index (χ0) is 18.5. The first-order valence-electron chi connectivity index (χ1n) is 8.47. The molecule has 0 saturated heterocycles. The molecule has 0 saturated carbocycles. The van der Waals surface area contributed by atoms with Crippen molar-refractivity contribution in [2.24, 2.45) is 0 Å². The summed E-state index contributed by atoms with van der Waals surface area (Å²) < 4.78 is 1.72. The van der Waals surface area contributed by atoms with E-state index in [-0.39, 0.29) is 5.91 Å². The van der Waals surface area contributed by atoms with Gasteiger partial charge in [-0.3, -0.25) is 4.79 Å². The van der Waals surface area contributed by atoms with Crippen LogP contribution < -0.4 is 10.6 Å². The smallest absolute Gasteiger partial charge is 0.234 e. The Labute approximate surface area is 160 Å². The number of benzene rings is 1. The van der Waals surface area contributed by atoms with Gasteiger partial charge in [-0.1, -0.05) is 43.2 Å². The van der Waals surface area contributed by atoms with Crippen molar-refractivity contribution >= 4 is 45.2 Å². The van der Waals surface area contributed by atoms with E-state index in [2.05, 4.69) is 32.9 Å². The van der Waals surface area contributed by atoms with Crippen molar-refractivity contribution in [2.45, 2.75) is 39.5 Å². The maximum atomic E-state index is 11.8. The van der Waals surface area contributed by atoms with Gasteiger partial charge in [0.2, 0.25) is 10.9 Å². The molecule has 2 N–H and O–H groups in total. The van der Waals surface area contributed by atoms with Crippen molar-refractivity contribution in [3.63, 3.8) is 0 Å². The van der Waals surface area contributed by atoms with Gasteiger partial charge in [0.15, 0.2) is 10.9 Å². The molecule has 26 heavy (non-hydrogen) atoms. The maximum absolute atomic E-state index is 11.8. The number of nitrogens with one attached hydrogen (secondary N) is 2. The molecule has 3 rings (SSSR count). The molecule has 136 valence electrons. The molecule has 9 heteroatoms. The number of rotatable bonds is 6. The predicted octanol–water partition coefficient (Wildman–Crippen LogP) is 3.55. The number of anilines is 1. The van der Waals surface area contributed by atoms with Crippen LogP contribution >= 0.6 is 23.6 Å². The van der Waals surface area contributed by atoms with Crippen molar-refractivity contribution in [1.82, 2.24) is 25.1 Å². The van der Waals surface area contributed by atoms with Gasteiger partial charge in [0, 0.05) is 17.7 Å². The number of aryl methyl sites for hydroxylation is 1. The molecule has 0 bridgehead atoms. The first-order valence-corrected chi connectivity index (χ1v) is 9.69. The van der Waals surface area contributed by atoms with Crippen LogP contribution in [0, 0.1) is 6.92 Å². The molecule has 1 amide bonds. The fourth-order valence-corrected chi connectivity index (χ4v) is 3.56. The lowest BCUT2D eigenvalue weighted by atomic mass is 10.2. The molecule has 7 nitrogen and oxygen atoms in total. The molecule has 3 aromatic rings. The molecule has 0 aliphatic carbocycles. The summed E-state index contributed by atoms with van der Waals surface area (Å²) in [5, 5.41) is 19.5. The van der Waals surface area contributed by atoms with E-state index in [0.717, 1.165) is 46.3 Å². The van der Waals surface area contributed by atoms with Gasteiger partial charge in [-0.25, -0.2) is 0 Å². The summed E-state index contributed by atoms with van der Waals surface area (Å²) in [6.45, 7) is 3.97. The molecular formula is C17H20N6OS2. The molecule has 0 aliphatic rings. The highest BCUT2D eigenvalue weighted by molar-refractivity contribution is 7.80. The second-order valence-electron chi connectivity index (χ2n) is 5.89. The van der Waals surface area contributed by atoms with Gasteiger partial charge >= 0.3 is 0 Å². The van der Waals surface area contributed by atoms with Gasteiger partial charge in [-0.15, -0.1) is 10.2 Å². The summed E-state index contributed by atoms with van der Waals surface area (Å²) in [5.74, 6) is 0.694. The lowest BCUT2D eigenvalue weighted by Crippen LogP contribution is -2.33. The molecule has 0 aliphatic heterocycles. The highest BCUT2D eigenvalue weighted by Gasteiger charge is 2.11. The Balaban J connectivity index is 1.65. The summed E-state index contributed by atoms with van der Waals surface area (Å²) in [5.41, 5.74) is 1.74. The van der Waals surface area contributed by atoms with Gasteiger partial charge in [0.1, 0.15) is 5.01 Å². The van der Waals surface area contributed by atoms with Crippen LogP contribution in [0.3, 0.4) is 0 Å². The molecule has 0 atom stereocenters. The van der Waals surface area contributed by atoms with Crippen molar-refractivity contribution < 1.29 is 4.79 Å². The number of amides is 1. The molecule has 0 spiro atoms. The van der Waals surface area contributed by atoms with Crippen LogP contribution in [0.15, 0.2) is 24.3 Å². The molecule has 0 fully saturated rings. The summed E-state index contributed by atoms with van der Waals surface area (Å²) in [4.78, 5) is 12.6. The van der Waals surface area contributed by atoms with Crippen molar-refractivity contribution in [2.75, 3.05) is 5.32 Å². The largest absolute Gasteiger partial charge is 0.332 e. The summed E-state index contributed by atoms with van der Waals surface area (Å²) in [6.07, 6.45) is 3.49. The lowest BCUT2D eigenvalue weighted by molar-refractivity contribution is -0.119. The third kappa shape index (κ3) is 4.41. The van der Waals surface area contributed by atoms with Crippen molar-refractivity contribution in [1.29, 1.82) is 0 Å². The molecule has 0 unspecified atom stereocenters. The Kier molecular flexibility index (Phi) is 5.89. The van der Waals surface area contributed by atoms with Crippen LogP contribution in [0.4, 0.5) is 5.69 Å². The van der Waals surface area contributed by atoms with E-state index in [1.165, 1.54) is 11.3 Å². The number of aromatic nitrogens is 4. The second-order valence-corrected chi connectivity index (χ2v) is 7.25. The highest BCUT2D eigenvalue weighted by Crippen LogP contribution is 2.27. The van der Waals surface area contributed by atoms with Gasteiger partial charge in [-0.2, -0.15) is 9.61 Å². The number of nitrogens with zero attached hydrogens (tertiary/aromatic N) is 4. The van der Waals surface area contributed by atoms with Gasteiger partial charge in [0.25, 0.3) is 0 Å². The topological polar surface area (TPSA) is 84.2 Å². The number of carbonyl (C=O) groups is 1. The Hall–Kier alpha value is -2.39. The highest BCUT2D eigenvalue weighted by atomic mass is 32.1. The van der Waals surface area contributed by atoms with Gasteiger partial charge in [0.05, 0.1) is 0 Å². The average molecular weight is 389 g/mol. The zero-order valence-electron chi connectivity index (χ0n) is 14.7. The monoisotopic (exact) mass is 388 g/mol. The number of thiocarbonyl (C=S) groups is 1. The molecule has 1 aromatic carbocycles. The van der Waals surface area contributed by atoms with Crippen molar-refractivity contribution in [3.8, 4) is 10.6 Å². The fraction of sp³-hybridized carbons (Fsp3) is 0.353. The van der Waals surface area contributed by atoms with Crippen LogP contribution in [0.1, 0.15) is 38.4 Å². The van der Waals surface area contributed by atoms with E-state index in [4.69, 9.17) is 12.2 Å². The summed E-state index contributed by atoms with van der Waals surface area (Å²) in [6, 6.07) is 7.72. The van der Waals surface area contributed by atoms with E-state index >= 15 is 0 Å². The van der Waals surface area contributed by atoms with Crippen LogP contribution in [0.25, 0.3) is 15.5 Å². The first-order chi connectivity index (χ1) is 12.6. The van der Waals surface area contributed by atoms with Crippen LogP contribution in [-0.4, -0.2) is 30.8 Å². The van der Waals surface area contributed by atoms with E-state index in [1.807, 2.05) is 31.2 Å². The Bertz CT molecular complexity index is 932. The summed E-state index contributed by atoms with van der Waals surface area (Å²) in [7, 11) is 0.